The zero-order chi connectivity index (χ0) is 15.3. The number of benzene rings is 1. The number of methoxy groups -OCH3 is 1. The van der Waals surface area contributed by atoms with Crippen molar-refractivity contribution in [2.45, 2.75) is 12.3 Å². The Kier molecular flexibility index (Phi) is 5.46. The van der Waals surface area contributed by atoms with Gasteiger partial charge in [0.25, 0.3) is 5.91 Å². The Morgan fingerprint density at radius 3 is 2.65 bits per heavy atom. The molecule has 0 heterocycles. The average molecular weight is 295 g/mol. The molecule has 0 bridgehead atoms. The average Bonchev–Trinajstić information content (AvgIpc) is 2.35. The van der Waals surface area contributed by atoms with Gasteiger partial charge >= 0.3 is 6.18 Å². The topological polar surface area (TPSA) is 58.6 Å². The van der Waals surface area contributed by atoms with E-state index in [1.807, 2.05) is 0 Å². The first-order chi connectivity index (χ1) is 9.25. The molecule has 1 amide bonds. The maximum absolute atomic E-state index is 13.0. The summed E-state index contributed by atoms with van der Waals surface area (Å²) in [5, 5.41) is 11.5. The molecule has 0 saturated heterocycles. The lowest BCUT2D eigenvalue weighted by Gasteiger charge is -2.12. The standard InChI is InChI=1S/C12H13F4NO3/c1-20-6-8(18)5-17-11(19)7-2-3-10(13)9(4-7)12(14,15)16/h2-4,8,18H,5-6H2,1H3,(H,17,19). The van der Waals surface area contributed by atoms with E-state index < -0.39 is 29.6 Å². The highest BCUT2D eigenvalue weighted by atomic mass is 19.4. The van der Waals surface area contributed by atoms with Gasteiger partial charge in [-0.3, -0.25) is 4.79 Å². The van der Waals surface area contributed by atoms with Crippen molar-refractivity contribution in [2.24, 2.45) is 0 Å². The predicted octanol–water partition coefficient (Wildman–Crippen LogP) is 1.58. The van der Waals surface area contributed by atoms with Gasteiger partial charge in [0.1, 0.15) is 5.82 Å². The lowest BCUT2D eigenvalue weighted by molar-refractivity contribution is -0.140. The van der Waals surface area contributed by atoms with Crippen LogP contribution in [0.15, 0.2) is 18.2 Å². The molecule has 112 valence electrons. The second-order valence-corrected chi connectivity index (χ2v) is 4.01. The van der Waals surface area contributed by atoms with Crippen LogP contribution >= 0.6 is 0 Å². The normalized spacial score (nSPS) is 13.1. The molecule has 0 fully saturated rings. The van der Waals surface area contributed by atoms with E-state index in [2.05, 4.69) is 10.1 Å². The van der Waals surface area contributed by atoms with Crippen molar-refractivity contribution in [1.82, 2.24) is 5.32 Å². The van der Waals surface area contributed by atoms with E-state index in [9.17, 15) is 27.5 Å². The van der Waals surface area contributed by atoms with Crippen LogP contribution < -0.4 is 5.32 Å². The fraction of sp³-hybridized carbons (Fsp3) is 0.417. The van der Waals surface area contributed by atoms with Crippen molar-refractivity contribution in [3.63, 3.8) is 0 Å². The second-order valence-electron chi connectivity index (χ2n) is 4.01. The van der Waals surface area contributed by atoms with Gasteiger partial charge in [-0.2, -0.15) is 13.2 Å². The Hall–Kier alpha value is -1.67. The number of aliphatic hydroxyl groups excluding tert-OH is 1. The lowest BCUT2D eigenvalue weighted by Crippen LogP contribution is -2.34. The van der Waals surface area contributed by atoms with Crippen molar-refractivity contribution >= 4 is 5.91 Å². The Labute approximate surface area is 112 Å². The zero-order valence-corrected chi connectivity index (χ0v) is 10.5. The molecule has 20 heavy (non-hydrogen) atoms. The molecule has 0 spiro atoms. The Balaban J connectivity index is 2.79. The summed E-state index contributed by atoms with van der Waals surface area (Å²) in [5.74, 6) is -2.29. The van der Waals surface area contributed by atoms with Crippen LogP contribution in [0.1, 0.15) is 15.9 Å². The Morgan fingerprint density at radius 2 is 2.10 bits per heavy atom. The number of alkyl halides is 3. The van der Waals surface area contributed by atoms with Crippen LogP contribution in [0.25, 0.3) is 0 Å². The van der Waals surface area contributed by atoms with Crippen LogP contribution in [-0.4, -0.2) is 37.4 Å². The summed E-state index contributed by atoms with van der Waals surface area (Å²) in [5.41, 5.74) is -1.86. The molecule has 1 unspecified atom stereocenters. The molecule has 0 aliphatic heterocycles. The Bertz CT molecular complexity index is 476. The van der Waals surface area contributed by atoms with Crippen molar-refractivity contribution in [1.29, 1.82) is 0 Å². The molecule has 1 atom stereocenters. The third-order valence-electron chi connectivity index (χ3n) is 2.39. The second kappa shape index (κ2) is 6.67. The number of carbonyl (C=O) groups is 1. The summed E-state index contributed by atoms with van der Waals surface area (Å²) in [4.78, 5) is 11.6. The largest absolute Gasteiger partial charge is 0.419 e. The van der Waals surface area contributed by atoms with Gasteiger partial charge in [-0.25, -0.2) is 4.39 Å². The highest BCUT2D eigenvalue weighted by molar-refractivity contribution is 5.94. The van der Waals surface area contributed by atoms with E-state index in [1.165, 1.54) is 7.11 Å². The molecular formula is C12H13F4NO3. The minimum Gasteiger partial charge on any atom is -0.389 e. The third kappa shape index (κ3) is 4.46. The van der Waals surface area contributed by atoms with Gasteiger partial charge in [-0.15, -0.1) is 0 Å². The van der Waals surface area contributed by atoms with Gasteiger partial charge in [0.05, 0.1) is 18.3 Å². The summed E-state index contributed by atoms with van der Waals surface area (Å²) in [6, 6.07) is 1.93. The highest BCUT2D eigenvalue weighted by Crippen LogP contribution is 2.31. The zero-order valence-electron chi connectivity index (χ0n) is 10.5. The minimum atomic E-state index is -4.88. The van der Waals surface area contributed by atoms with Gasteiger partial charge in [-0.1, -0.05) is 0 Å². The molecular weight excluding hydrogens is 282 g/mol. The molecule has 4 nitrogen and oxygen atoms in total. The van der Waals surface area contributed by atoms with E-state index in [-0.39, 0.29) is 18.7 Å². The molecule has 0 radical (unpaired) electrons. The number of rotatable bonds is 5. The van der Waals surface area contributed by atoms with Crippen molar-refractivity contribution in [3.8, 4) is 0 Å². The number of halogens is 4. The van der Waals surface area contributed by atoms with E-state index in [0.717, 1.165) is 6.07 Å². The van der Waals surface area contributed by atoms with Gasteiger partial charge < -0.3 is 15.2 Å². The maximum atomic E-state index is 13.0. The Morgan fingerprint density at radius 1 is 1.45 bits per heavy atom. The molecule has 0 aromatic heterocycles. The van der Waals surface area contributed by atoms with Crippen molar-refractivity contribution < 1.29 is 32.2 Å². The number of carbonyl (C=O) groups excluding carboxylic acids is 1. The molecule has 0 aliphatic carbocycles. The number of nitrogens with one attached hydrogen (secondary N) is 1. The smallest absolute Gasteiger partial charge is 0.389 e. The quantitative estimate of drug-likeness (QED) is 0.811. The molecule has 1 aromatic rings. The fourth-order valence-electron chi connectivity index (χ4n) is 1.45. The monoisotopic (exact) mass is 295 g/mol. The lowest BCUT2D eigenvalue weighted by atomic mass is 10.1. The number of aliphatic hydroxyl groups is 1. The van der Waals surface area contributed by atoms with Crippen LogP contribution in [0.5, 0.6) is 0 Å². The highest BCUT2D eigenvalue weighted by Gasteiger charge is 2.34. The van der Waals surface area contributed by atoms with E-state index in [1.54, 1.807) is 0 Å². The molecule has 2 N–H and O–H groups in total. The summed E-state index contributed by atoms with van der Waals surface area (Å²) >= 11 is 0. The minimum absolute atomic E-state index is 0.0303. The van der Waals surface area contributed by atoms with Gasteiger partial charge in [0, 0.05) is 19.2 Å². The van der Waals surface area contributed by atoms with Crippen LogP contribution in [0.2, 0.25) is 0 Å². The van der Waals surface area contributed by atoms with Gasteiger partial charge in [-0.05, 0) is 18.2 Å². The molecule has 1 rings (SSSR count). The summed E-state index contributed by atoms with van der Waals surface area (Å²) in [7, 11) is 1.35. The predicted molar refractivity (Wildman–Crippen MR) is 61.6 cm³/mol. The van der Waals surface area contributed by atoms with Crippen molar-refractivity contribution in [2.75, 3.05) is 20.3 Å². The van der Waals surface area contributed by atoms with Crippen LogP contribution in [0, 0.1) is 5.82 Å². The summed E-state index contributed by atoms with van der Waals surface area (Å²) < 4.78 is 55.1. The number of amides is 1. The van der Waals surface area contributed by atoms with Crippen LogP contribution in [0.4, 0.5) is 17.6 Å². The van der Waals surface area contributed by atoms with Gasteiger partial charge in [0.15, 0.2) is 0 Å². The van der Waals surface area contributed by atoms with Crippen LogP contribution in [-0.2, 0) is 10.9 Å². The number of hydrogen-bond acceptors (Lipinski definition) is 3. The van der Waals surface area contributed by atoms with E-state index in [4.69, 9.17) is 0 Å². The SMILES string of the molecule is COCC(O)CNC(=O)c1ccc(F)c(C(F)(F)F)c1. The molecule has 0 saturated carbocycles. The number of ether oxygens (including phenoxy) is 1. The molecule has 0 aliphatic rings. The van der Waals surface area contributed by atoms with E-state index in [0.29, 0.717) is 12.1 Å². The fourth-order valence-corrected chi connectivity index (χ4v) is 1.45. The van der Waals surface area contributed by atoms with E-state index >= 15 is 0 Å². The first-order valence-corrected chi connectivity index (χ1v) is 5.57. The summed E-state index contributed by atoms with van der Waals surface area (Å²) in [6.07, 6.45) is -5.86. The maximum Gasteiger partial charge on any atom is 0.419 e. The first-order valence-electron chi connectivity index (χ1n) is 5.57. The third-order valence-corrected chi connectivity index (χ3v) is 2.39. The van der Waals surface area contributed by atoms with Crippen molar-refractivity contribution in [3.05, 3.63) is 35.1 Å². The van der Waals surface area contributed by atoms with Crippen LogP contribution in [0.3, 0.4) is 0 Å². The molecule has 8 heteroatoms. The summed E-state index contributed by atoms with van der Waals surface area (Å²) in [6.45, 7) is -0.219. The first kappa shape index (κ1) is 16.4. The number of hydrogen-bond donors (Lipinski definition) is 2. The van der Waals surface area contributed by atoms with Gasteiger partial charge in [0.2, 0.25) is 0 Å². The molecule has 1 aromatic carbocycles.